The fourth-order valence-electron chi connectivity index (χ4n) is 2.79. The number of hydrogen-bond acceptors (Lipinski definition) is 3. The average molecular weight is 320 g/mol. The highest BCUT2D eigenvalue weighted by molar-refractivity contribution is 5.76. The van der Waals surface area contributed by atoms with Crippen molar-refractivity contribution in [1.82, 2.24) is 10.2 Å². The molecule has 124 valence electrons. The molecule has 1 saturated carbocycles. The SMILES string of the molecule is O=C(CCCc1ccccc1F)NCC1CN(C2CC2)C(=O)O1. The van der Waals surface area contributed by atoms with Crippen molar-refractivity contribution in [2.75, 3.05) is 13.1 Å². The molecule has 1 aromatic carbocycles. The Morgan fingerprint density at radius 1 is 1.35 bits per heavy atom. The number of amides is 2. The van der Waals surface area contributed by atoms with Crippen molar-refractivity contribution in [3.05, 3.63) is 35.6 Å². The van der Waals surface area contributed by atoms with Gasteiger partial charge in [0.2, 0.25) is 5.91 Å². The van der Waals surface area contributed by atoms with E-state index in [1.165, 1.54) is 6.07 Å². The first-order valence-electron chi connectivity index (χ1n) is 8.11. The van der Waals surface area contributed by atoms with Crippen LogP contribution in [-0.4, -0.2) is 42.1 Å². The highest BCUT2D eigenvalue weighted by atomic mass is 19.1. The third kappa shape index (κ3) is 4.21. The first-order valence-corrected chi connectivity index (χ1v) is 8.11. The van der Waals surface area contributed by atoms with Gasteiger partial charge in [0.1, 0.15) is 11.9 Å². The van der Waals surface area contributed by atoms with Crippen LogP contribution in [0, 0.1) is 5.82 Å². The van der Waals surface area contributed by atoms with Crippen LogP contribution in [0.2, 0.25) is 0 Å². The minimum Gasteiger partial charge on any atom is -0.442 e. The van der Waals surface area contributed by atoms with Crippen molar-refractivity contribution in [3.63, 3.8) is 0 Å². The lowest BCUT2D eigenvalue weighted by molar-refractivity contribution is -0.121. The summed E-state index contributed by atoms with van der Waals surface area (Å²) in [6, 6.07) is 6.94. The topological polar surface area (TPSA) is 58.6 Å². The van der Waals surface area contributed by atoms with Crippen LogP contribution in [-0.2, 0) is 16.0 Å². The van der Waals surface area contributed by atoms with Gasteiger partial charge in [-0.1, -0.05) is 18.2 Å². The smallest absolute Gasteiger partial charge is 0.410 e. The van der Waals surface area contributed by atoms with Crippen molar-refractivity contribution >= 4 is 12.0 Å². The van der Waals surface area contributed by atoms with Gasteiger partial charge in [0.15, 0.2) is 0 Å². The number of halogens is 1. The van der Waals surface area contributed by atoms with Crippen LogP contribution in [0.3, 0.4) is 0 Å². The molecule has 0 spiro atoms. The second kappa shape index (κ2) is 6.98. The Kier molecular flexibility index (Phi) is 4.79. The molecule has 3 rings (SSSR count). The number of carbonyl (C=O) groups is 2. The molecule has 1 N–H and O–H groups in total. The molecule has 1 saturated heterocycles. The van der Waals surface area contributed by atoms with Crippen LogP contribution in [0.1, 0.15) is 31.2 Å². The molecular formula is C17H21FN2O3. The molecule has 5 nitrogen and oxygen atoms in total. The number of benzene rings is 1. The van der Waals surface area contributed by atoms with Crippen molar-refractivity contribution in [3.8, 4) is 0 Å². The minimum atomic E-state index is -0.272. The number of rotatable bonds is 7. The van der Waals surface area contributed by atoms with E-state index in [0.717, 1.165) is 12.8 Å². The summed E-state index contributed by atoms with van der Waals surface area (Å²) in [5.41, 5.74) is 0.630. The van der Waals surface area contributed by atoms with E-state index in [1.54, 1.807) is 23.1 Å². The van der Waals surface area contributed by atoms with Crippen LogP contribution in [0.25, 0.3) is 0 Å². The number of ether oxygens (including phenoxy) is 1. The molecule has 6 heteroatoms. The summed E-state index contributed by atoms with van der Waals surface area (Å²) in [4.78, 5) is 25.2. The normalized spacial score (nSPS) is 20.5. The van der Waals surface area contributed by atoms with Crippen LogP contribution in [0.15, 0.2) is 24.3 Å². The van der Waals surface area contributed by atoms with Crippen molar-refractivity contribution < 1.29 is 18.7 Å². The summed E-state index contributed by atoms with van der Waals surface area (Å²) in [5, 5.41) is 2.79. The maximum Gasteiger partial charge on any atom is 0.410 e. The number of nitrogens with one attached hydrogen (secondary N) is 1. The molecule has 0 radical (unpaired) electrons. The van der Waals surface area contributed by atoms with E-state index in [4.69, 9.17) is 4.74 Å². The zero-order chi connectivity index (χ0) is 16.2. The second-order valence-electron chi connectivity index (χ2n) is 6.14. The fraction of sp³-hybridized carbons (Fsp3) is 0.529. The quantitative estimate of drug-likeness (QED) is 0.838. The van der Waals surface area contributed by atoms with Gasteiger partial charge >= 0.3 is 6.09 Å². The zero-order valence-electron chi connectivity index (χ0n) is 13.0. The molecule has 1 unspecified atom stereocenters. The molecule has 1 aliphatic carbocycles. The predicted octanol–water partition coefficient (Wildman–Crippen LogP) is 2.25. The summed E-state index contributed by atoms with van der Waals surface area (Å²) in [6.07, 6.45) is 3.01. The number of cyclic esters (lactones) is 1. The van der Waals surface area contributed by atoms with Crippen LogP contribution in [0.5, 0.6) is 0 Å². The molecule has 0 aromatic heterocycles. The molecule has 1 heterocycles. The van der Waals surface area contributed by atoms with E-state index in [1.807, 2.05) is 0 Å². The zero-order valence-corrected chi connectivity index (χ0v) is 13.0. The Hall–Kier alpha value is -2.11. The van der Waals surface area contributed by atoms with Gasteiger partial charge in [0, 0.05) is 12.5 Å². The lowest BCUT2D eigenvalue weighted by Gasteiger charge is -2.11. The lowest BCUT2D eigenvalue weighted by Crippen LogP contribution is -2.34. The van der Waals surface area contributed by atoms with E-state index in [2.05, 4.69) is 5.32 Å². The summed E-state index contributed by atoms with van der Waals surface area (Å²) in [5.74, 6) is -0.326. The van der Waals surface area contributed by atoms with E-state index >= 15 is 0 Å². The number of aryl methyl sites for hydroxylation is 1. The van der Waals surface area contributed by atoms with Crippen molar-refractivity contribution in [2.24, 2.45) is 0 Å². The van der Waals surface area contributed by atoms with E-state index in [0.29, 0.717) is 44.0 Å². The minimum absolute atomic E-state index is 0.0951. The summed E-state index contributed by atoms with van der Waals surface area (Å²) >= 11 is 0. The van der Waals surface area contributed by atoms with E-state index in [9.17, 15) is 14.0 Å². The van der Waals surface area contributed by atoms with Crippen LogP contribution in [0.4, 0.5) is 9.18 Å². The standard InChI is InChI=1S/C17H21FN2O3/c18-15-6-2-1-4-12(15)5-3-7-16(21)19-10-14-11-20(13-8-9-13)17(22)23-14/h1-2,4,6,13-14H,3,5,7-11H2,(H,19,21). The third-order valence-electron chi connectivity index (χ3n) is 4.22. The Labute approximate surface area is 134 Å². The highest BCUT2D eigenvalue weighted by Crippen LogP contribution is 2.30. The summed E-state index contributed by atoms with van der Waals surface area (Å²) in [6.45, 7) is 0.895. The molecule has 0 bridgehead atoms. The number of hydrogen-bond donors (Lipinski definition) is 1. The van der Waals surface area contributed by atoms with E-state index in [-0.39, 0.29) is 23.9 Å². The maximum atomic E-state index is 13.5. The van der Waals surface area contributed by atoms with Gasteiger partial charge in [-0.25, -0.2) is 9.18 Å². The van der Waals surface area contributed by atoms with Crippen LogP contribution >= 0.6 is 0 Å². The van der Waals surface area contributed by atoms with Crippen molar-refractivity contribution in [1.29, 1.82) is 0 Å². The lowest BCUT2D eigenvalue weighted by atomic mass is 10.1. The second-order valence-corrected chi connectivity index (χ2v) is 6.14. The van der Waals surface area contributed by atoms with Crippen molar-refractivity contribution in [2.45, 2.75) is 44.2 Å². The van der Waals surface area contributed by atoms with Gasteiger partial charge in [0.05, 0.1) is 13.1 Å². The molecule has 2 fully saturated rings. The molecule has 1 aromatic rings. The first kappa shape index (κ1) is 15.8. The molecule has 2 aliphatic rings. The number of carbonyl (C=O) groups excluding carboxylic acids is 2. The largest absolute Gasteiger partial charge is 0.442 e. The fourth-order valence-corrected chi connectivity index (χ4v) is 2.79. The molecule has 2 amide bonds. The number of nitrogens with zero attached hydrogens (tertiary/aromatic N) is 1. The maximum absolute atomic E-state index is 13.5. The Morgan fingerprint density at radius 3 is 2.87 bits per heavy atom. The monoisotopic (exact) mass is 320 g/mol. The Bertz CT molecular complexity index is 589. The van der Waals surface area contributed by atoms with Gasteiger partial charge < -0.3 is 15.0 Å². The predicted molar refractivity (Wildman–Crippen MR) is 82.3 cm³/mol. The molecule has 23 heavy (non-hydrogen) atoms. The third-order valence-corrected chi connectivity index (χ3v) is 4.22. The van der Waals surface area contributed by atoms with Gasteiger partial charge in [-0.2, -0.15) is 0 Å². The van der Waals surface area contributed by atoms with Gasteiger partial charge in [-0.05, 0) is 37.3 Å². The van der Waals surface area contributed by atoms with E-state index < -0.39 is 0 Å². The Balaban J connectivity index is 1.34. The molecular weight excluding hydrogens is 299 g/mol. The first-order chi connectivity index (χ1) is 11.1. The van der Waals surface area contributed by atoms with Gasteiger partial charge in [-0.15, -0.1) is 0 Å². The van der Waals surface area contributed by atoms with Crippen LogP contribution < -0.4 is 5.32 Å². The molecule has 1 aliphatic heterocycles. The Morgan fingerprint density at radius 2 is 2.13 bits per heavy atom. The van der Waals surface area contributed by atoms with Gasteiger partial charge in [0.25, 0.3) is 0 Å². The summed E-state index contributed by atoms with van der Waals surface area (Å²) < 4.78 is 18.7. The summed E-state index contributed by atoms with van der Waals surface area (Å²) in [7, 11) is 0. The average Bonchev–Trinajstić information content (AvgIpc) is 3.30. The molecule has 1 atom stereocenters. The van der Waals surface area contributed by atoms with Gasteiger partial charge in [-0.3, -0.25) is 4.79 Å². The highest BCUT2D eigenvalue weighted by Gasteiger charge is 2.40.